The number of aliphatic hydroxyl groups is 1. The number of pyridine rings is 1. The molecule has 2 atom stereocenters. The molecule has 2 aromatic rings. The van der Waals surface area contributed by atoms with E-state index in [9.17, 15) is 5.11 Å². The lowest BCUT2D eigenvalue weighted by atomic mass is 9.82. The van der Waals surface area contributed by atoms with Crippen molar-refractivity contribution in [3.05, 3.63) is 18.0 Å². The van der Waals surface area contributed by atoms with Gasteiger partial charge in [0.2, 0.25) is 5.95 Å². The van der Waals surface area contributed by atoms with Crippen LogP contribution in [0.5, 0.6) is 0 Å². The monoisotopic (exact) mass is 440 g/mol. The lowest BCUT2D eigenvalue weighted by molar-refractivity contribution is 0.122. The maximum absolute atomic E-state index is 10.0. The van der Waals surface area contributed by atoms with Crippen molar-refractivity contribution in [2.45, 2.75) is 89.3 Å². The lowest BCUT2D eigenvalue weighted by Crippen LogP contribution is -2.45. The normalized spacial score (nSPS) is 25.3. The number of likely N-dealkylation sites (N-methyl/N-ethyl adjacent to an activating group) is 1. The van der Waals surface area contributed by atoms with Crippen molar-refractivity contribution in [2.75, 3.05) is 37.4 Å². The lowest BCUT2D eigenvalue weighted by Gasteiger charge is -2.37. The molecule has 7 heteroatoms. The predicted octanol–water partition coefficient (Wildman–Crippen LogP) is 4.17. The maximum atomic E-state index is 10.0. The van der Waals surface area contributed by atoms with Crippen molar-refractivity contribution >= 4 is 22.7 Å². The van der Waals surface area contributed by atoms with Crippen LogP contribution in [0.2, 0.25) is 0 Å². The molecule has 2 aliphatic rings. The molecule has 1 aliphatic carbocycles. The number of aromatic nitrogens is 3. The van der Waals surface area contributed by atoms with Gasteiger partial charge < -0.3 is 20.2 Å². The van der Waals surface area contributed by atoms with Gasteiger partial charge in [0.05, 0.1) is 17.0 Å². The molecule has 2 N–H and O–H groups in total. The fourth-order valence-corrected chi connectivity index (χ4v) is 5.33. The van der Waals surface area contributed by atoms with Crippen LogP contribution in [0.3, 0.4) is 0 Å². The zero-order chi connectivity index (χ0) is 22.7. The Morgan fingerprint density at radius 3 is 2.66 bits per heavy atom. The van der Waals surface area contributed by atoms with Crippen LogP contribution in [0, 0.1) is 0 Å². The van der Waals surface area contributed by atoms with Crippen LogP contribution in [0.15, 0.2) is 12.4 Å². The largest absolute Gasteiger partial charge is 0.393 e. The fraction of sp³-hybridized carbons (Fsp3) is 0.720. The van der Waals surface area contributed by atoms with E-state index in [0.717, 1.165) is 68.3 Å². The number of aliphatic hydroxyl groups excluding tert-OH is 1. The summed E-state index contributed by atoms with van der Waals surface area (Å²) in [5.74, 6) is 2.12. The second-order valence-electron chi connectivity index (χ2n) is 10.0. The van der Waals surface area contributed by atoms with Gasteiger partial charge >= 0.3 is 0 Å². The summed E-state index contributed by atoms with van der Waals surface area (Å²) >= 11 is 0. The predicted molar refractivity (Wildman–Crippen MR) is 131 cm³/mol. The van der Waals surface area contributed by atoms with Gasteiger partial charge in [-0.25, -0.2) is 15.0 Å². The molecule has 4 rings (SSSR count). The third-order valence-electron chi connectivity index (χ3n) is 7.29. The van der Waals surface area contributed by atoms with Crippen LogP contribution in [0.1, 0.15) is 76.7 Å². The van der Waals surface area contributed by atoms with E-state index in [-0.39, 0.29) is 6.10 Å². The number of nitrogens with zero attached hydrogens (tertiary/aromatic N) is 5. The summed E-state index contributed by atoms with van der Waals surface area (Å²) in [7, 11) is 4.33. The highest BCUT2D eigenvalue weighted by molar-refractivity contribution is 5.92. The number of nitrogens with one attached hydrogen (secondary N) is 1. The number of anilines is 2. The van der Waals surface area contributed by atoms with E-state index in [1.807, 2.05) is 6.20 Å². The first kappa shape index (κ1) is 23.2. The van der Waals surface area contributed by atoms with Crippen molar-refractivity contribution in [2.24, 2.45) is 0 Å². The molecular formula is C25H40N6O. The molecule has 1 aliphatic heterocycles. The summed E-state index contributed by atoms with van der Waals surface area (Å²) in [6.07, 6.45) is 12.2. The first-order valence-electron chi connectivity index (χ1n) is 12.5. The highest BCUT2D eigenvalue weighted by atomic mass is 16.3. The maximum Gasteiger partial charge on any atom is 0.223 e. The van der Waals surface area contributed by atoms with Crippen molar-refractivity contribution < 1.29 is 5.11 Å². The Morgan fingerprint density at radius 1 is 1.16 bits per heavy atom. The molecule has 2 fully saturated rings. The van der Waals surface area contributed by atoms with Crippen molar-refractivity contribution in [3.63, 3.8) is 0 Å². The van der Waals surface area contributed by atoms with Gasteiger partial charge in [-0.1, -0.05) is 13.3 Å². The molecular weight excluding hydrogens is 400 g/mol. The molecule has 0 radical (unpaired) electrons. The molecule has 0 aromatic carbocycles. The van der Waals surface area contributed by atoms with Crippen LogP contribution < -0.4 is 10.2 Å². The summed E-state index contributed by atoms with van der Waals surface area (Å²) in [5, 5.41) is 14.6. The zero-order valence-corrected chi connectivity index (χ0v) is 20.2. The highest BCUT2D eigenvalue weighted by Crippen LogP contribution is 2.38. The summed E-state index contributed by atoms with van der Waals surface area (Å²) in [4.78, 5) is 19.5. The van der Waals surface area contributed by atoms with Crippen LogP contribution in [0.4, 0.5) is 11.8 Å². The van der Waals surface area contributed by atoms with Gasteiger partial charge in [0.15, 0.2) is 0 Å². The van der Waals surface area contributed by atoms with Gasteiger partial charge in [0, 0.05) is 43.1 Å². The van der Waals surface area contributed by atoms with Gasteiger partial charge in [-0.3, -0.25) is 0 Å². The fourth-order valence-electron chi connectivity index (χ4n) is 5.33. The van der Waals surface area contributed by atoms with Crippen molar-refractivity contribution in [1.29, 1.82) is 0 Å². The van der Waals surface area contributed by atoms with E-state index in [0.29, 0.717) is 23.9 Å². The molecule has 7 nitrogen and oxygen atoms in total. The second-order valence-corrected chi connectivity index (χ2v) is 10.0. The van der Waals surface area contributed by atoms with E-state index in [4.69, 9.17) is 15.0 Å². The van der Waals surface area contributed by atoms with Gasteiger partial charge in [-0.05, 0) is 71.9 Å². The molecule has 0 amide bonds. The average Bonchev–Trinajstić information content (AvgIpc) is 2.79. The standard InChI is InChI=1S/C25H40N6O/c1-5-7-17(2)28-25-27-15-22-23(29-25)21(18-9-11-20(32)12-10-18)14-26-24(22)31-13-6-8-19(16-31)30(3)4/h14-15,17-20,32H,5-13,16H2,1-4H3,(H,27,28,29)/t17?,18?,19-,20?/m0/s1. The van der Waals surface area contributed by atoms with Crippen LogP contribution >= 0.6 is 0 Å². The molecule has 176 valence electrons. The minimum atomic E-state index is -0.164. The Kier molecular flexibility index (Phi) is 7.46. The number of piperidine rings is 1. The minimum absolute atomic E-state index is 0.164. The van der Waals surface area contributed by atoms with E-state index in [2.05, 4.69) is 49.3 Å². The first-order chi connectivity index (χ1) is 15.5. The van der Waals surface area contributed by atoms with Crippen LogP contribution in [-0.4, -0.2) is 70.3 Å². The van der Waals surface area contributed by atoms with Crippen molar-refractivity contribution in [1.82, 2.24) is 19.9 Å². The Labute approximate surface area is 192 Å². The van der Waals surface area contributed by atoms with Gasteiger partial charge in [-0.2, -0.15) is 0 Å². The second kappa shape index (κ2) is 10.3. The Morgan fingerprint density at radius 2 is 1.94 bits per heavy atom. The van der Waals surface area contributed by atoms with Gasteiger partial charge in [-0.15, -0.1) is 0 Å². The third-order valence-corrected chi connectivity index (χ3v) is 7.29. The quantitative estimate of drug-likeness (QED) is 0.669. The summed E-state index contributed by atoms with van der Waals surface area (Å²) in [6.45, 7) is 6.40. The summed E-state index contributed by atoms with van der Waals surface area (Å²) in [6, 6.07) is 0.881. The average molecular weight is 441 g/mol. The Balaban J connectivity index is 1.71. The smallest absolute Gasteiger partial charge is 0.223 e. The number of hydrogen-bond donors (Lipinski definition) is 2. The van der Waals surface area contributed by atoms with E-state index < -0.39 is 0 Å². The third kappa shape index (κ3) is 5.15. The Hall–Kier alpha value is -1.99. The Bertz CT molecular complexity index is 895. The molecule has 1 unspecified atom stereocenters. The zero-order valence-electron chi connectivity index (χ0n) is 20.2. The number of rotatable bonds is 7. The van der Waals surface area contributed by atoms with Crippen LogP contribution in [0.25, 0.3) is 10.9 Å². The molecule has 0 spiro atoms. The van der Waals surface area contributed by atoms with E-state index in [1.165, 1.54) is 18.4 Å². The molecule has 0 bridgehead atoms. The minimum Gasteiger partial charge on any atom is -0.393 e. The SMILES string of the molecule is CCCC(C)Nc1ncc2c(N3CCC[C@H](N(C)C)C3)ncc(C3CCC(O)CC3)c2n1. The molecule has 1 saturated heterocycles. The molecule has 32 heavy (non-hydrogen) atoms. The molecule has 2 aromatic heterocycles. The number of fused-ring (bicyclic) bond motifs is 1. The topological polar surface area (TPSA) is 77.4 Å². The van der Waals surface area contributed by atoms with Gasteiger partial charge in [0.1, 0.15) is 5.82 Å². The van der Waals surface area contributed by atoms with Crippen molar-refractivity contribution in [3.8, 4) is 0 Å². The van der Waals surface area contributed by atoms with Gasteiger partial charge in [0.25, 0.3) is 0 Å². The summed E-state index contributed by atoms with van der Waals surface area (Å²) < 4.78 is 0. The first-order valence-corrected chi connectivity index (χ1v) is 12.5. The molecule has 3 heterocycles. The van der Waals surface area contributed by atoms with E-state index in [1.54, 1.807) is 0 Å². The molecule has 1 saturated carbocycles. The van der Waals surface area contributed by atoms with E-state index >= 15 is 0 Å². The van der Waals surface area contributed by atoms with Crippen LogP contribution in [-0.2, 0) is 0 Å². The number of hydrogen-bond acceptors (Lipinski definition) is 7. The summed E-state index contributed by atoms with van der Waals surface area (Å²) in [5.41, 5.74) is 2.25. The highest BCUT2D eigenvalue weighted by Gasteiger charge is 2.27.